The van der Waals surface area contributed by atoms with Crippen LogP contribution in [0.1, 0.15) is 43.0 Å². The smallest absolute Gasteiger partial charge is 0.338 e. The Morgan fingerprint density at radius 2 is 1.90 bits per heavy atom. The van der Waals surface area contributed by atoms with Crippen molar-refractivity contribution in [1.29, 1.82) is 0 Å². The van der Waals surface area contributed by atoms with Crippen molar-refractivity contribution in [2.75, 3.05) is 13.2 Å². The number of hydrogen-bond donors (Lipinski definition) is 1. The summed E-state index contributed by atoms with van der Waals surface area (Å²) in [5.41, 5.74) is 0.528. The van der Waals surface area contributed by atoms with E-state index in [0.29, 0.717) is 31.4 Å². The monoisotopic (exact) mass is 278 g/mol. The van der Waals surface area contributed by atoms with Crippen LogP contribution in [0.4, 0.5) is 0 Å². The highest BCUT2D eigenvalue weighted by molar-refractivity contribution is 5.89. The van der Waals surface area contributed by atoms with Crippen molar-refractivity contribution in [3.8, 4) is 0 Å². The van der Waals surface area contributed by atoms with Gasteiger partial charge in [0.25, 0.3) is 0 Å². The minimum absolute atomic E-state index is 0.114. The van der Waals surface area contributed by atoms with E-state index in [1.165, 1.54) is 0 Å². The third-order valence-corrected chi connectivity index (χ3v) is 3.13. The van der Waals surface area contributed by atoms with Crippen LogP contribution in [0.2, 0.25) is 0 Å². The number of Topliss-reactive ketones (excluding diaryl/α,β-unsaturated/α-hetero) is 1. The Kier molecular flexibility index (Phi) is 7.58. The molecular formula is C16H22O4. The molecule has 0 radical (unpaired) electrons. The lowest BCUT2D eigenvalue weighted by molar-refractivity contribution is -0.117. The standard InChI is InChI=1S/C16H22O4/c1-13(18)9-10-14(6-5-11-17)12-20-16(19)15-7-3-2-4-8-15/h2-4,7-8,14,17H,5-6,9-12H2,1H3/t14-/m1/s1. The number of ketones is 1. The fourth-order valence-electron chi connectivity index (χ4n) is 1.95. The van der Waals surface area contributed by atoms with E-state index < -0.39 is 0 Å². The highest BCUT2D eigenvalue weighted by Crippen LogP contribution is 2.15. The van der Waals surface area contributed by atoms with Crippen molar-refractivity contribution in [2.24, 2.45) is 5.92 Å². The summed E-state index contributed by atoms with van der Waals surface area (Å²) in [5, 5.41) is 8.87. The van der Waals surface area contributed by atoms with Crippen LogP contribution in [0.5, 0.6) is 0 Å². The lowest BCUT2D eigenvalue weighted by Crippen LogP contribution is -2.16. The summed E-state index contributed by atoms with van der Waals surface area (Å²) in [4.78, 5) is 22.8. The summed E-state index contributed by atoms with van der Waals surface area (Å²) < 4.78 is 5.29. The Bertz CT molecular complexity index is 414. The van der Waals surface area contributed by atoms with Gasteiger partial charge in [0, 0.05) is 13.0 Å². The Balaban J connectivity index is 2.44. The maximum atomic E-state index is 11.8. The molecule has 20 heavy (non-hydrogen) atoms. The van der Waals surface area contributed by atoms with Crippen molar-refractivity contribution in [2.45, 2.75) is 32.6 Å². The molecule has 4 heteroatoms. The van der Waals surface area contributed by atoms with Crippen LogP contribution in [-0.2, 0) is 9.53 Å². The number of rotatable bonds is 9. The zero-order valence-corrected chi connectivity index (χ0v) is 11.9. The molecule has 0 aromatic heterocycles. The van der Waals surface area contributed by atoms with E-state index in [0.717, 1.165) is 6.42 Å². The molecule has 1 aromatic carbocycles. The number of carbonyl (C=O) groups is 2. The molecule has 0 saturated heterocycles. The summed E-state index contributed by atoms with van der Waals surface area (Å²) >= 11 is 0. The second-order valence-corrected chi connectivity index (χ2v) is 4.94. The summed E-state index contributed by atoms with van der Waals surface area (Å²) in [7, 11) is 0. The van der Waals surface area contributed by atoms with Crippen LogP contribution in [0.15, 0.2) is 30.3 Å². The van der Waals surface area contributed by atoms with Gasteiger partial charge in [-0.25, -0.2) is 4.79 Å². The minimum atomic E-state index is -0.345. The van der Waals surface area contributed by atoms with E-state index in [1.807, 2.05) is 6.07 Å². The van der Waals surface area contributed by atoms with E-state index in [-0.39, 0.29) is 24.3 Å². The lowest BCUT2D eigenvalue weighted by Gasteiger charge is -2.16. The average molecular weight is 278 g/mol. The number of aliphatic hydroxyl groups excluding tert-OH is 1. The van der Waals surface area contributed by atoms with Crippen LogP contribution in [0.25, 0.3) is 0 Å². The second kappa shape index (κ2) is 9.26. The summed E-state index contributed by atoms with van der Waals surface area (Å²) in [6.07, 6.45) is 2.59. The van der Waals surface area contributed by atoms with Crippen molar-refractivity contribution in [3.05, 3.63) is 35.9 Å². The van der Waals surface area contributed by atoms with Crippen LogP contribution >= 0.6 is 0 Å². The van der Waals surface area contributed by atoms with Gasteiger partial charge in [0.2, 0.25) is 0 Å². The zero-order chi connectivity index (χ0) is 14.8. The molecule has 0 bridgehead atoms. The van der Waals surface area contributed by atoms with Crippen molar-refractivity contribution in [3.63, 3.8) is 0 Å². The van der Waals surface area contributed by atoms with Crippen molar-refractivity contribution in [1.82, 2.24) is 0 Å². The topological polar surface area (TPSA) is 63.6 Å². The SMILES string of the molecule is CC(=O)CC[C@@H](CCCO)COC(=O)c1ccccc1. The van der Waals surface area contributed by atoms with Gasteiger partial charge in [-0.2, -0.15) is 0 Å². The molecule has 0 aliphatic carbocycles. The van der Waals surface area contributed by atoms with E-state index in [2.05, 4.69) is 0 Å². The molecule has 110 valence electrons. The van der Waals surface area contributed by atoms with Crippen LogP contribution in [0.3, 0.4) is 0 Å². The van der Waals surface area contributed by atoms with Gasteiger partial charge in [0.05, 0.1) is 12.2 Å². The van der Waals surface area contributed by atoms with Crippen molar-refractivity contribution < 1.29 is 19.4 Å². The molecule has 1 atom stereocenters. The number of carbonyl (C=O) groups excluding carboxylic acids is 2. The molecule has 1 aromatic rings. The van der Waals surface area contributed by atoms with E-state index in [4.69, 9.17) is 9.84 Å². The van der Waals surface area contributed by atoms with Gasteiger partial charge in [-0.3, -0.25) is 0 Å². The molecule has 1 rings (SSSR count). The molecule has 1 N–H and O–H groups in total. The summed E-state index contributed by atoms with van der Waals surface area (Å²) in [5.74, 6) is -0.0884. The summed E-state index contributed by atoms with van der Waals surface area (Å²) in [6.45, 7) is 1.96. The summed E-state index contributed by atoms with van der Waals surface area (Å²) in [6, 6.07) is 8.83. The molecule has 0 aliphatic rings. The lowest BCUT2D eigenvalue weighted by atomic mass is 9.97. The molecule has 0 fully saturated rings. The quantitative estimate of drug-likeness (QED) is 0.705. The van der Waals surface area contributed by atoms with Gasteiger partial charge in [0.15, 0.2) is 0 Å². The molecule has 0 amide bonds. The molecule has 0 unspecified atom stereocenters. The maximum Gasteiger partial charge on any atom is 0.338 e. The number of esters is 1. The number of benzene rings is 1. The van der Waals surface area contributed by atoms with Gasteiger partial charge >= 0.3 is 5.97 Å². The molecule has 0 saturated carbocycles. The normalized spacial score (nSPS) is 11.9. The molecule has 0 heterocycles. The van der Waals surface area contributed by atoms with E-state index in [1.54, 1.807) is 31.2 Å². The first-order chi connectivity index (χ1) is 9.63. The largest absolute Gasteiger partial charge is 0.462 e. The first-order valence-corrected chi connectivity index (χ1v) is 6.96. The van der Waals surface area contributed by atoms with Crippen LogP contribution in [0, 0.1) is 5.92 Å². The average Bonchev–Trinajstić information content (AvgIpc) is 2.46. The first kappa shape index (κ1) is 16.4. The van der Waals surface area contributed by atoms with Crippen molar-refractivity contribution >= 4 is 11.8 Å². The zero-order valence-electron chi connectivity index (χ0n) is 11.9. The molecule has 0 spiro atoms. The minimum Gasteiger partial charge on any atom is -0.462 e. The predicted molar refractivity (Wildman–Crippen MR) is 76.4 cm³/mol. The van der Waals surface area contributed by atoms with Gasteiger partial charge in [-0.15, -0.1) is 0 Å². The maximum absolute atomic E-state index is 11.8. The van der Waals surface area contributed by atoms with Gasteiger partial charge < -0.3 is 14.6 Å². The Hall–Kier alpha value is -1.68. The Morgan fingerprint density at radius 3 is 2.50 bits per heavy atom. The fraction of sp³-hybridized carbons (Fsp3) is 0.500. The number of aliphatic hydroxyl groups is 1. The van der Waals surface area contributed by atoms with Gasteiger partial charge in [0.1, 0.15) is 5.78 Å². The highest BCUT2D eigenvalue weighted by Gasteiger charge is 2.14. The van der Waals surface area contributed by atoms with E-state index >= 15 is 0 Å². The highest BCUT2D eigenvalue weighted by atomic mass is 16.5. The van der Waals surface area contributed by atoms with Crippen LogP contribution < -0.4 is 0 Å². The first-order valence-electron chi connectivity index (χ1n) is 6.96. The predicted octanol–water partition coefficient (Wildman–Crippen LogP) is 2.60. The van der Waals surface area contributed by atoms with E-state index in [9.17, 15) is 9.59 Å². The fourth-order valence-corrected chi connectivity index (χ4v) is 1.95. The third kappa shape index (κ3) is 6.48. The number of hydrogen-bond acceptors (Lipinski definition) is 4. The third-order valence-electron chi connectivity index (χ3n) is 3.13. The Morgan fingerprint density at radius 1 is 1.20 bits per heavy atom. The number of ether oxygens (including phenoxy) is 1. The van der Waals surface area contributed by atoms with Gasteiger partial charge in [-0.1, -0.05) is 18.2 Å². The van der Waals surface area contributed by atoms with Gasteiger partial charge in [-0.05, 0) is 44.2 Å². The molecule has 4 nitrogen and oxygen atoms in total. The molecule has 0 aliphatic heterocycles. The Labute approximate surface area is 119 Å². The van der Waals surface area contributed by atoms with Crippen LogP contribution in [-0.4, -0.2) is 30.1 Å². The molecular weight excluding hydrogens is 256 g/mol. The second-order valence-electron chi connectivity index (χ2n) is 4.94.